The van der Waals surface area contributed by atoms with Gasteiger partial charge in [0.1, 0.15) is 10.8 Å². The Morgan fingerprint density at radius 1 is 1.24 bits per heavy atom. The largest absolute Gasteiger partial charge is 0.483 e. The smallest absolute Gasteiger partial charge is 0.328 e. The highest BCUT2D eigenvalue weighted by atomic mass is 35.5. The van der Waals surface area contributed by atoms with E-state index in [1.807, 2.05) is 0 Å². The van der Waals surface area contributed by atoms with E-state index in [0.29, 0.717) is 47.6 Å². The van der Waals surface area contributed by atoms with Gasteiger partial charge in [0.2, 0.25) is 5.95 Å². The van der Waals surface area contributed by atoms with Gasteiger partial charge < -0.3 is 20.4 Å². The lowest BCUT2D eigenvalue weighted by Crippen LogP contribution is -2.39. The number of piperidine rings is 1. The molecule has 3 heterocycles. The molecule has 0 amide bonds. The zero-order valence-corrected chi connectivity index (χ0v) is 22.5. The second-order valence-electron chi connectivity index (χ2n) is 10.3. The Morgan fingerprint density at radius 3 is 2.46 bits per heavy atom. The molecule has 1 aliphatic rings. The lowest BCUT2D eigenvalue weighted by atomic mass is 9.92. The highest BCUT2D eigenvalue weighted by Gasteiger charge is 2.25. The molecule has 2 aromatic heterocycles. The molecule has 0 bridgehead atoms. The van der Waals surface area contributed by atoms with E-state index in [0.717, 1.165) is 19.5 Å². The van der Waals surface area contributed by atoms with E-state index in [4.69, 9.17) is 21.5 Å². The van der Waals surface area contributed by atoms with Crippen LogP contribution in [-0.2, 0) is 18.4 Å². The van der Waals surface area contributed by atoms with Crippen molar-refractivity contribution in [3.63, 3.8) is 0 Å². The van der Waals surface area contributed by atoms with E-state index in [1.54, 1.807) is 31.5 Å². The maximum absolute atomic E-state index is 15.1. The van der Waals surface area contributed by atoms with Crippen molar-refractivity contribution in [2.75, 3.05) is 23.3 Å². The number of aromatic nitrogens is 4. The fourth-order valence-electron chi connectivity index (χ4n) is 4.67. The van der Waals surface area contributed by atoms with Crippen molar-refractivity contribution in [3.8, 4) is 0 Å². The predicted molar refractivity (Wildman–Crippen MR) is 142 cm³/mol. The number of fused-ring (bicyclic) bond motifs is 1. The van der Waals surface area contributed by atoms with Gasteiger partial charge in [0.15, 0.2) is 5.82 Å². The second-order valence-corrected chi connectivity index (χ2v) is 10.7. The Kier molecular flexibility index (Phi) is 8.80. The number of imidazole rings is 1. The molecule has 0 spiro atoms. The lowest BCUT2D eigenvalue weighted by molar-refractivity contribution is -0.122. The Morgan fingerprint density at radius 2 is 1.86 bits per heavy atom. The molecule has 0 saturated carbocycles. The number of anilines is 3. The number of carbonyl (C=O) groups is 1. The van der Waals surface area contributed by atoms with Crippen molar-refractivity contribution in [1.29, 1.82) is 0 Å². The number of benzene rings is 1. The first-order chi connectivity index (χ1) is 17.3. The Hall–Kier alpha value is -3.18. The van der Waals surface area contributed by atoms with Gasteiger partial charge in [-0.3, -0.25) is 13.9 Å². The van der Waals surface area contributed by atoms with Crippen LogP contribution in [0.2, 0.25) is 5.02 Å². The van der Waals surface area contributed by atoms with Crippen LogP contribution in [0.5, 0.6) is 0 Å². The first-order valence-corrected chi connectivity index (χ1v) is 12.5. The van der Waals surface area contributed by atoms with Crippen LogP contribution in [0, 0.1) is 17.7 Å². The minimum atomic E-state index is -0.933. The molecule has 4 rings (SSSR count). The number of nitrogens with one attached hydrogen (secondary N) is 1. The second kappa shape index (κ2) is 11.5. The maximum atomic E-state index is 15.1. The summed E-state index contributed by atoms with van der Waals surface area (Å²) in [5, 5.41) is 20.3. The van der Waals surface area contributed by atoms with Gasteiger partial charge in [0.05, 0.1) is 28.5 Å². The van der Waals surface area contributed by atoms with Crippen molar-refractivity contribution in [3.05, 3.63) is 39.7 Å². The van der Waals surface area contributed by atoms with E-state index in [1.165, 1.54) is 16.8 Å². The summed E-state index contributed by atoms with van der Waals surface area (Å²) in [7, 11) is 1.60. The minimum Gasteiger partial charge on any atom is -0.483 e. The van der Waals surface area contributed by atoms with Crippen LogP contribution in [0.1, 0.15) is 40.5 Å². The standard InChI is InChI=1S/C24H32ClFN6O2.CH2O2/c1-14-8-15(2)13-31(12-14)22-27-11-16(25)21(29-22)28-18-10-20-19(9-17(18)26)30(5)23(33)32(20)7-6-24(3,4)34;2-1-3/h9-11,14-15,34H,6-8,12-13H2,1-5H3,(H,27,28,29);1H,(H,2,3)/t14-,15+;. The molecular weight excluding hydrogens is 503 g/mol. The molecule has 12 heteroatoms. The number of carboxylic acid groups (broad SMARTS) is 1. The average Bonchev–Trinajstić information content (AvgIpc) is 3.02. The summed E-state index contributed by atoms with van der Waals surface area (Å²) in [6.07, 6.45) is 3.06. The molecule has 10 nitrogen and oxygen atoms in total. The van der Waals surface area contributed by atoms with Gasteiger partial charge in [-0.05, 0) is 44.6 Å². The number of aliphatic hydroxyl groups is 1. The van der Waals surface area contributed by atoms with Crippen LogP contribution in [-0.4, -0.2) is 54.5 Å². The van der Waals surface area contributed by atoms with Crippen molar-refractivity contribution < 1.29 is 19.4 Å². The molecule has 3 aromatic rings. The molecule has 1 fully saturated rings. The van der Waals surface area contributed by atoms with Crippen LogP contribution in [0.25, 0.3) is 11.0 Å². The fourth-order valence-corrected chi connectivity index (χ4v) is 4.81. The lowest BCUT2D eigenvalue weighted by Gasteiger charge is -2.35. The Labute approximate surface area is 219 Å². The monoisotopic (exact) mass is 536 g/mol. The minimum absolute atomic E-state index is 0.155. The third-order valence-electron chi connectivity index (χ3n) is 6.32. The van der Waals surface area contributed by atoms with Crippen LogP contribution in [0.4, 0.5) is 21.8 Å². The summed E-state index contributed by atoms with van der Waals surface area (Å²) in [5.41, 5.74) is -0.0235. The van der Waals surface area contributed by atoms with Gasteiger partial charge in [-0.1, -0.05) is 25.4 Å². The number of rotatable bonds is 6. The van der Waals surface area contributed by atoms with Gasteiger partial charge in [0.25, 0.3) is 6.47 Å². The number of halogens is 2. The fraction of sp³-hybridized carbons (Fsp3) is 0.520. The molecule has 202 valence electrons. The first-order valence-electron chi connectivity index (χ1n) is 12.1. The van der Waals surface area contributed by atoms with Gasteiger partial charge in [-0.25, -0.2) is 14.2 Å². The SMILES string of the molecule is C[C@@H]1C[C@H](C)CN(c2ncc(Cl)c(Nc3cc4c(cc3F)n(C)c(=O)n4CCC(C)(C)O)n2)C1.O=CO. The molecule has 0 aliphatic carbocycles. The molecule has 0 unspecified atom stereocenters. The molecule has 1 saturated heterocycles. The highest BCUT2D eigenvalue weighted by molar-refractivity contribution is 6.32. The maximum Gasteiger partial charge on any atom is 0.328 e. The first kappa shape index (κ1) is 28.4. The van der Waals surface area contributed by atoms with Gasteiger partial charge >= 0.3 is 5.69 Å². The predicted octanol–water partition coefficient (Wildman–Crippen LogP) is 4.01. The van der Waals surface area contributed by atoms with Crippen molar-refractivity contribution in [2.24, 2.45) is 18.9 Å². The summed E-state index contributed by atoms with van der Waals surface area (Å²) in [4.78, 5) is 32.3. The molecule has 37 heavy (non-hydrogen) atoms. The topological polar surface area (TPSA) is 126 Å². The van der Waals surface area contributed by atoms with E-state index in [2.05, 4.69) is 34.0 Å². The normalized spacial score (nSPS) is 17.9. The van der Waals surface area contributed by atoms with Gasteiger partial charge in [0, 0.05) is 32.7 Å². The van der Waals surface area contributed by atoms with Crippen molar-refractivity contribution in [2.45, 2.75) is 52.7 Å². The van der Waals surface area contributed by atoms with E-state index in [-0.39, 0.29) is 22.9 Å². The number of hydrogen-bond acceptors (Lipinski definition) is 7. The molecular formula is C25H34ClFN6O4. The van der Waals surface area contributed by atoms with E-state index in [9.17, 15) is 9.90 Å². The van der Waals surface area contributed by atoms with Crippen LogP contribution in [0.15, 0.2) is 23.1 Å². The summed E-state index contributed by atoms with van der Waals surface area (Å²) in [6.45, 7) is 9.54. The zero-order chi connectivity index (χ0) is 27.5. The summed E-state index contributed by atoms with van der Waals surface area (Å²) >= 11 is 6.36. The Bertz CT molecular complexity index is 1310. The highest BCUT2D eigenvalue weighted by Crippen LogP contribution is 2.31. The average molecular weight is 537 g/mol. The molecule has 1 aliphatic heterocycles. The van der Waals surface area contributed by atoms with Crippen LogP contribution >= 0.6 is 11.6 Å². The van der Waals surface area contributed by atoms with Crippen molar-refractivity contribution >= 4 is 46.6 Å². The molecule has 2 atom stereocenters. The summed E-state index contributed by atoms with van der Waals surface area (Å²) < 4.78 is 18.0. The third kappa shape index (κ3) is 6.78. The van der Waals surface area contributed by atoms with Crippen molar-refractivity contribution in [1.82, 2.24) is 19.1 Å². The summed E-state index contributed by atoms with van der Waals surface area (Å²) in [5.74, 6) is 1.38. The van der Waals surface area contributed by atoms with E-state index >= 15 is 4.39 Å². The molecule has 3 N–H and O–H groups in total. The van der Waals surface area contributed by atoms with E-state index < -0.39 is 11.4 Å². The molecule has 1 aromatic carbocycles. The van der Waals surface area contributed by atoms with Crippen LogP contribution in [0.3, 0.4) is 0 Å². The number of nitrogens with zero attached hydrogens (tertiary/aromatic N) is 5. The number of hydrogen-bond donors (Lipinski definition) is 3. The summed E-state index contributed by atoms with van der Waals surface area (Å²) in [6, 6.07) is 2.91. The van der Waals surface area contributed by atoms with Crippen LogP contribution < -0.4 is 15.9 Å². The molecule has 0 radical (unpaired) electrons. The third-order valence-corrected chi connectivity index (χ3v) is 6.59. The van der Waals surface area contributed by atoms with Gasteiger partial charge in [-0.15, -0.1) is 0 Å². The van der Waals surface area contributed by atoms with Gasteiger partial charge in [-0.2, -0.15) is 4.98 Å². The Balaban J connectivity index is 0.00000121. The zero-order valence-electron chi connectivity index (χ0n) is 21.7. The number of aryl methyl sites for hydroxylation is 2. The quantitative estimate of drug-likeness (QED) is 0.403.